The zero-order chi connectivity index (χ0) is 14.4. The highest BCUT2D eigenvalue weighted by molar-refractivity contribution is 14.1. The van der Waals surface area contributed by atoms with Crippen LogP contribution in [-0.2, 0) is 4.79 Å². The van der Waals surface area contributed by atoms with Gasteiger partial charge in [-0.2, -0.15) is 5.26 Å². The van der Waals surface area contributed by atoms with Gasteiger partial charge < -0.3 is 5.32 Å². The average molecular weight is 374 g/mol. The number of rotatable bonds is 3. The quantitative estimate of drug-likeness (QED) is 0.504. The molecule has 0 aromatic heterocycles. The van der Waals surface area contributed by atoms with Crippen molar-refractivity contribution < 1.29 is 4.79 Å². The molecule has 0 radical (unpaired) electrons. The van der Waals surface area contributed by atoms with Crippen LogP contribution in [-0.4, -0.2) is 5.91 Å². The highest BCUT2D eigenvalue weighted by Crippen LogP contribution is 2.18. The molecule has 1 N–H and O–H groups in total. The third-order valence-corrected chi connectivity index (χ3v) is 3.54. The smallest absolute Gasteiger partial charge is 0.266 e. The lowest BCUT2D eigenvalue weighted by Crippen LogP contribution is -2.14. The third-order valence-electron chi connectivity index (χ3n) is 2.60. The molecule has 0 aliphatic rings. The summed E-state index contributed by atoms with van der Waals surface area (Å²) in [4.78, 5) is 12.1. The molecule has 0 aliphatic carbocycles. The Morgan fingerprint density at radius 2 is 1.75 bits per heavy atom. The van der Waals surface area contributed by atoms with E-state index in [0.717, 1.165) is 9.13 Å². The second-order valence-corrected chi connectivity index (χ2v) is 5.18. The molecule has 20 heavy (non-hydrogen) atoms. The second kappa shape index (κ2) is 6.87. The van der Waals surface area contributed by atoms with E-state index < -0.39 is 5.91 Å². The van der Waals surface area contributed by atoms with Crippen molar-refractivity contribution in [3.63, 3.8) is 0 Å². The fourth-order valence-electron chi connectivity index (χ4n) is 1.62. The van der Waals surface area contributed by atoms with Crippen molar-refractivity contribution in [1.82, 2.24) is 0 Å². The molecule has 0 atom stereocenters. The molecule has 0 saturated carbocycles. The molecular formula is C16H11IN2O. The first-order valence-electron chi connectivity index (χ1n) is 5.93. The van der Waals surface area contributed by atoms with Crippen LogP contribution in [0.1, 0.15) is 5.56 Å². The fraction of sp³-hybridized carbons (Fsp3) is 0. The average Bonchev–Trinajstić information content (AvgIpc) is 2.48. The first kappa shape index (κ1) is 14.3. The Hall–Kier alpha value is -2.13. The molecule has 1 amide bonds. The van der Waals surface area contributed by atoms with Gasteiger partial charge >= 0.3 is 0 Å². The van der Waals surface area contributed by atoms with Crippen LogP contribution in [0.3, 0.4) is 0 Å². The van der Waals surface area contributed by atoms with E-state index in [9.17, 15) is 4.79 Å². The van der Waals surface area contributed by atoms with Crippen LogP contribution >= 0.6 is 22.6 Å². The summed E-state index contributed by atoms with van der Waals surface area (Å²) in [6.45, 7) is 0. The largest absolute Gasteiger partial charge is 0.320 e. The molecule has 2 aromatic rings. The number of anilines is 1. The van der Waals surface area contributed by atoms with Gasteiger partial charge in [-0.25, -0.2) is 0 Å². The predicted octanol–water partition coefficient (Wildman–Crippen LogP) is 3.84. The maximum Gasteiger partial charge on any atom is 0.266 e. The summed E-state index contributed by atoms with van der Waals surface area (Å²) < 4.78 is 0.926. The SMILES string of the molecule is N#C/C(=C\c1ccccc1)C(=O)Nc1ccccc1I. The number of nitrogens with one attached hydrogen (secondary N) is 1. The van der Waals surface area contributed by atoms with E-state index in [1.807, 2.05) is 54.6 Å². The van der Waals surface area contributed by atoms with E-state index in [2.05, 4.69) is 27.9 Å². The fourth-order valence-corrected chi connectivity index (χ4v) is 2.14. The zero-order valence-corrected chi connectivity index (χ0v) is 12.7. The van der Waals surface area contributed by atoms with Crippen molar-refractivity contribution in [3.8, 4) is 6.07 Å². The monoisotopic (exact) mass is 374 g/mol. The number of hydrogen-bond donors (Lipinski definition) is 1. The summed E-state index contributed by atoms with van der Waals surface area (Å²) in [5, 5.41) is 11.9. The summed E-state index contributed by atoms with van der Waals surface area (Å²) in [5.74, 6) is -0.402. The molecule has 98 valence electrons. The van der Waals surface area contributed by atoms with Crippen molar-refractivity contribution in [2.75, 3.05) is 5.32 Å². The van der Waals surface area contributed by atoms with Crippen LogP contribution in [0.5, 0.6) is 0 Å². The van der Waals surface area contributed by atoms with Gasteiger partial charge in [-0.1, -0.05) is 42.5 Å². The molecule has 0 fully saturated rings. The molecule has 0 saturated heterocycles. The van der Waals surface area contributed by atoms with Crippen LogP contribution in [0.2, 0.25) is 0 Å². The lowest BCUT2D eigenvalue weighted by molar-refractivity contribution is -0.112. The van der Waals surface area contributed by atoms with Crippen molar-refractivity contribution >= 4 is 40.3 Å². The summed E-state index contributed by atoms with van der Waals surface area (Å²) in [6.07, 6.45) is 1.57. The minimum Gasteiger partial charge on any atom is -0.320 e. The number of para-hydroxylation sites is 1. The van der Waals surface area contributed by atoms with E-state index in [1.165, 1.54) is 0 Å². The summed E-state index contributed by atoms with van der Waals surface area (Å²) in [6, 6.07) is 18.7. The normalized spacial score (nSPS) is 10.7. The molecule has 3 nitrogen and oxygen atoms in total. The summed E-state index contributed by atoms with van der Waals surface area (Å²) >= 11 is 2.14. The van der Waals surface area contributed by atoms with Crippen LogP contribution in [0.4, 0.5) is 5.69 Å². The van der Waals surface area contributed by atoms with Crippen LogP contribution in [0.25, 0.3) is 6.08 Å². The molecule has 0 heterocycles. The van der Waals surface area contributed by atoms with Gasteiger partial charge in [0.1, 0.15) is 11.6 Å². The minimum absolute atomic E-state index is 0.0795. The van der Waals surface area contributed by atoms with Crippen molar-refractivity contribution in [1.29, 1.82) is 5.26 Å². The Bertz CT molecular complexity index is 687. The second-order valence-electron chi connectivity index (χ2n) is 4.01. The molecule has 2 rings (SSSR count). The standard InChI is InChI=1S/C16H11IN2O/c17-14-8-4-5-9-15(14)19-16(20)13(11-18)10-12-6-2-1-3-7-12/h1-10H,(H,19,20)/b13-10+. The number of nitrogens with zero attached hydrogens (tertiary/aromatic N) is 1. The van der Waals surface area contributed by atoms with Gasteiger partial charge in [0.05, 0.1) is 5.69 Å². The number of nitriles is 1. The molecule has 2 aromatic carbocycles. The topological polar surface area (TPSA) is 52.9 Å². The Kier molecular flexibility index (Phi) is 4.91. The van der Waals surface area contributed by atoms with Gasteiger partial charge in [0, 0.05) is 3.57 Å². The van der Waals surface area contributed by atoms with Gasteiger partial charge in [0.25, 0.3) is 5.91 Å². The highest BCUT2D eigenvalue weighted by Gasteiger charge is 2.10. The maximum absolute atomic E-state index is 12.1. The minimum atomic E-state index is -0.402. The first-order chi connectivity index (χ1) is 9.70. The number of carbonyl (C=O) groups excluding carboxylic acids is 1. The Morgan fingerprint density at radius 3 is 2.40 bits per heavy atom. The van der Waals surface area contributed by atoms with Gasteiger partial charge in [-0.3, -0.25) is 4.79 Å². The van der Waals surface area contributed by atoms with Crippen LogP contribution in [0, 0.1) is 14.9 Å². The molecule has 0 aliphatic heterocycles. The van der Waals surface area contributed by atoms with E-state index in [-0.39, 0.29) is 5.57 Å². The Labute approximate surface area is 131 Å². The molecule has 0 unspecified atom stereocenters. The molecular weight excluding hydrogens is 363 g/mol. The number of carbonyl (C=O) groups is 1. The van der Waals surface area contributed by atoms with E-state index >= 15 is 0 Å². The molecule has 0 bridgehead atoms. The zero-order valence-electron chi connectivity index (χ0n) is 10.5. The van der Waals surface area contributed by atoms with Gasteiger partial charge in [0.2, 0.25) is 0 Å². The van der Waals surface area contributed by atoms with Crippen molar-refractivity contribution in [2.45, 2.75) is 0 Å². The molecule has 0 spiro atoms. The predicted molar refractivity (Wildman–Crippen MR) is 87.8 cm³/mol. The molecule has 4 heteroatoms. The Balaban J connectivity index is 2.21. The van der Waals surface area contributed by atoms with Crippen LogP contribution < -0.4 is 5.32 Å². The van der Waals surface area contributed by atoms with Crippen molar-refractivity contribution in [2.24, 2.45) is 0 Å². The first-order valence-corrected chi connectivity index (χ1v) is 7.01. The van der Waals surface area contributed by atoms with Gasteiger partial charge in [-0.15, -0.1) is 0 Å². The third kappa shape index (κ3) is 3.68. The highest BCUT2D eigenvalue weighted by atomic mass is 127. The summed E-state index contributed by atoms with van der Waals surface area (Å²) in [7, 11) is 0. The van der Waals surface area contributed by atoms with E-state index in [0.29, 0.717) is 5.69 Å². The number of benzene rings is 2. The summed E-state index contributed by atoms with van der Waals surface area (Å²) in [5.41, 5.74) is 1.60. The number of hydrogen-bond acceptors (Lipinski definition) is 2. The lowest BCUT2D eigenvalue weighted by atomic mass is 10.1. The van der Waals surface area contributed by atoms with E-state index in [4.69, 9.17) is 5.26 Å². The van der Waals surface area contributed by atoms with Gasteiger partial charge in [0.15, 0.2) is 0 Å². The maximum atomic E-state index is 12.1. The van der Waals surface area contributed by atoms with Crippen molar-refractivity contribution in [3.05, 3.63) is 69.3 Å². The van der Waals surface area contributed by atoms with Crippen LogP contribution in [0.15, 0.2) is 60.2 Å². The number of halogens is 1. The van der Waals surface area contributed by atoms with Gasteiger partial charge in [-0.05, 0) is 46.4 Å². The van der Waals surface area contributed by atoms with E-state index in [1.54, 1.807) is 12.1 Å². The Morgan fingerprint density at radius 1 is 1.10 bits per heavy atom. The lowest BCUT2D eigenvalue weighted by Gasteiger charge is -2.06. The number of amides is 1.